The van der Waals surface area contributed by atoms with Gasteiger partial charge in [0.15, 0.2) is 5.96 Å². The Morgan fingerprint density at radius 2 is 1.80 bits per heavy atom. The summed E-state index contributed by atoms with van der Waals surface area (Å²) in [6.07, 6.45) is 5.10. The van der Waals surface area contributed by atoms with Crippen molar-refractivity contribution >= 4 is 29.9 Å². The Balaban J connectivity index is 0.00000320. The van der Waals surface area contributed by atoms with Gasteiger partial charge in [-0.05, 0) is 63.3 Å². The minimum Gasteiger partial charge on any atom is -0.383 e. The fraction of sp³-hybridized carbons (Fsp3) is 0.696. The third kappa shape index (κ3) is 7.98. The first kappa shape index (κ1) is 25.4. The van der Waals surface area contributed by atoms with E-state index in [1.54, 1.807) is 7.11 Å². The van der Waals surface area contributed by atoms with E-state index in [1.165, 1.54) is 57.4 Å². The van der Waals surface area contributed by atoms with E-state index < -0.39 is 0 Å². The molecule has 2 aliphatic rings. The molecule has 6 nitrogen and oxygen atoms in total. The van der Waals surface area contributed by atoms with E-state index in [0.717, 1.165) is 38.1 Å². The topological polar surface area (TPSA) is 52.1 Å². The number of rotatable bonds is 9. The minimum atomic E-state index is 0. The summed E-state index contributed by atoms with van der Waals surface area (Å²) in [7, 11) is 3.65. The second-order valence-electron chi connectivity index (χ2n) is 8.28. The van der Waals surface area contributed by atoms with Crippen LogP contribution in [-0.4, -0.2) is 82.3 Å². The molecule has 0 bridgehead atoms. The lowest BCUT2D eigenvalue weighted by Crippen LogP contribution is -2.45. The number of benzene rings is 1. The summed E-state index contributed by atoms with van der Waals surface area (Å²) in [5.41, 5.74) is 1.39. The van der Waals surface area contributed by atoms with Gasteiger partial charge in [0.1, 0.15) is 0 Å². The van der Waals surface area contributed by atoms with Gasteiger partial charge in [-0.15, -0.1) is 24.0 Å². The number of piperidine rings is 1. The quantitative estimate of drug-likeness (QED) is 0.293. The normalized spacial score (nSPS) is 20.0. The summed E-state index contributed by atoms with van der Waals surface area (Å²) in [6, 6.07) is 11.3. The van der Waals surface area contributed by atoms with E-state index in [4.69, 9.17) is 4.74 Å². The fourth-order valence-electron chi connectivity index (χ4n) is 4.48. The lowest BCUT2D eigenvalue weighted by molar-refractivity contribution is 0.121. The Hall–Kier alpha value is -0.900. The second kappa shape index (κ2) is 14.2. The maximum absolute atomic E-state index is 5.20. The third-order valence-electron chi connectivity index (χ3n) is 6.33. The highest BCUT2D eigenvalue weighted by atomic mass is 127. The highest BCUT2D eigenvalue weighted by molar-refractivity contribution is 14.0. The molecule has 2 saturated heterocycles. The van der Waals surface area contributed by atoms with Crippen LogP contribution >= 0.6 is 24.0 Å². The SMILES string of the molecule is CN=C(NCC1CCN(CCOC)CC1)NCC(c1ccccc1)N1CCCC1.I. The average Bonchev–Trinajstić information content (AvgIpc) is 3.30. The first-order valence-corrected chi connectivity index (χ1v) is 11.2. The van der Waals surface area contributed by atoms with Crippen molar-refractivity contribution < 1.29 is 4.74 Å². The molecule has 0 spiro atoms. The number of nitrogens with one attached hydrogen (secondary N) is 2. The molecule has 0 radical (unpaired) electrons. The number of aliphatic imine (C=N–C) groups is 1. The van der Waals surface area contributed by atoms with Crippen LogP contribution in [0.3, 0.4) is 0 Å². The van der Waals surface area contributed by atoms with Crippen LogP contribution in [0, 0.1) is 5.92 Å². The van der Waals surface area contributed by atoms with E-state index in [9.17, 15) is 0 Å². The molecule has 0 saturated carbocycles. The van der Waals surface area contributed by atoms with Crippen molar-refractivity contribution in [3.05, 3.63) is 35.9 Å². The number of ether oxygens (including phenoxy) is 1. The molecule has 1 unspecified atom stereocenters. The highest BCUT2D eigenvalue weighted by Crippen LogP contribution is 2.24. The maximum Gasteiger partial charge on any atom is 0.191 e. The summed E-state index contributed by atoms with van der Waals surface area (Å²) in [5, 5.41) is 7.16. The standard InChI is InChI=1S/C23H39N5O.HI/c1-24-23(25-18-20-10-14-27(15-11-20)16-17-29-2)26-19-22(28-12-6-7-13-28)21-8-4-3-5-9-21;/h3-5,8-9,20,22H,6-7,10-19H2,1-2H3,(H2,24,25,26);1H. The van der Waals surface area contributed by atoms with E-state index in [2.05, 4.69) is 55.8 Å². The largest absolute Gasteiger partial charge is 0.383 e. The Labute approximate surface area is 199 Å². The molecule has 1 atom stereocenters. The van der Waals surface area contributed by atoms with Gasteiger partial charge in [0, 0.05) is 33.8 Å². The predicted octanol–water partition coefficient (Wildman–Crippen LogP) is 2.96. The van der Waals surface area contributed by atoms with Crippen molar-refractivity contribution in [1.29, 1.82) is 0 Å². The first-order valence-electron chi connectivity index (χ1n) is 11.2. The van der Waals surface area contributed by atoms with Gasteiger partial charge in [-0.3, -0.25) is 9.89 Å². The summed E-state index contributed by atoms with van der Waals surface area (Å²) < 4.78 is 5.20. The molecule has 170 valence electrons. The van der Waals surface area contributed by atoms with Crippen LogP contribution < -0.4 is 10.6 Å². The van der Waals surface area contributed by atoms with Crippen LogP contribution in [0.5, 0.6) is 0 Å². The van der Waals surface area contributed by atoms with E-state index >= 15 is 0 Å². The van der Waals surface area contributed by atoms with Gasteiger partial charge >= 0.3 is 0 Å². The van der Waals surface area contributed by atoms with E-state index in [0.29, 0.717) is 6.04 Å². The summed E-state index contributed by atoms with van der Waals surface area (Å²) in [5.74, 6) is 1.64. The molecule has 2 heterocycles. The van der Waals surface area contributed by atoms with Gasteiger partial charge < -0.3 is 20.3 Å². The average molecular weight is 530 g/mol. The molecule has 1 aromatic rings. The Kier molecular flexibility index (Phi) is 12.0. The lowest BCUT2D eigenvalue weighted by atomic mass is 9.97. The number of methoxy groups -OCH3 is 1. The van der Waals surface area contributed by atoms with Crippen LogP contribution in [0.4, 0.5) is 0 Å². The molecule has 3 rings (SSSR count). The zero-order valence-corrected chi connectivity index (χ0v) is 21.0. The number of nitrogens with zero attached hydrogens (tertiary/aromatic N) is 3. The van der Waals surface area contributed by atoms with Crippen molar-refractivity contribution in [2.24, 2.45) is 10.9 Å². The molecule has 30 heavy (non-hydrogen) atoms. The zero-order chi connectivity index (χ0) is 20.3. The van der Waals surface area contributed by atoms with Gasteiger partial charge in [0.25, 0.3) is 0 Å². The van der Waals surface area contributed by atoms with Gasteiger partial charge in [-0.2, -0.15) is 0 Å². The number of hydrogen-bond donors (Lipinski definition) is 2. The van der Waals surface area contributed by atoms with Crippen molar-refractivity contribution in [2.45, 2.75) is 31.7 Å². The summed E-state index contributed by atoms with van der Waals surface area (Å²) in [6.45, 7) is 8.50. The van der Waals surface area contributed by atoms with Gasteiger partial charge in [0.05, 0.1) is 12.6 Å². The third-order valence-corrected chi connectivity index (χ3v) is 6.33. The highest BCUT2D eigenvalue weighted by Gasteiger charge is 2.24. The van der Waals surface area contributed by atoms with Crippen molar-refractivity contribution in [1.82, 2.24) is 20.4 Å². The maximum atomic E-state index is 5.20. The molecule has 7 heteroatoms. The zero-order valence-electron chi connectivity index (χ0n) is 18.7. The summed E-state index contributed by atoms with van der Waals surface area (Å²) >= 11 is 0. The number of halogens is 1. The molecule has 2 aliphatic heterocycles. The first-order chi connectivity index (χ1) is 14.3. The molecule has 0 aromatic heterocycles. The van der Waals surface area contributed by atoms with Crippen molar-refractivity contribution in [3.63, 3.8) is 0 Å². The fourth-order valence-corrected chi connectivity index (χ4v) is 4.48. The Morgan fingerprint density at radius 1 is 1.10 bits per heavy atom. The van der Waals surface area contributed by atoms with Crippen molar-refractivity contribution in [3.8, 4) is 0 Å². The van der Waals surface area contributed by atoms with Crippen LogP contribution in [-0.2, 0) is 4.74 Å². The smallest absolute Gasteiger partial charge is 0.191 e. The molecule has 2 fully saturated rings. The molecular formula is C23H40IN5O. The Morgan fingerprint density at radius 3 is 2.43 bits per heavy atom. The molecule has 2 N–H and O–H groups in total. The lowest BCUT2D eigenvalue weighted by Gasteiger charge is -2.32. The Bertz CT molecular complexity index is 601. The van der Waals surface area contributed by atoms with E-state index in [-0.39, 0.29) is 24.0 Å². The molecular weight excluding hydrogens is 489 g/mol. The second-order valence-corrected chi connectivity index (χ2v) is 8.28. The van der Waals surface area contributed by atoms with Gasteiger partial charge in [-0.25, -0.2) is 0 Å². The van der Waals surface area contributed by atoms with Gasteiger partial charge in [-0.1, -0.05) is 30.3 Å². The molecule has 1 aromatic carbocycles. The molecule has 0 amide bonds. The minimum absolute atomic E-state index is 0. The molecule has 0 aliphatic carbocycles. The summed E-state index contributed by atoms with van der Waals surface area (Å²) in [4.78, 5) is 9.58. The van der Waals surface area contributed by atoms with Crippen molar-refractivity contribution in [2.75, 3.05) is 66.6 Å². The van der Waals surface area contributed by atoms with Crippen LogP contribution in [0.25, 0.3) is 0 Å². The number of guanidine groups is 1. The van der Waals surface area contributed by atoms with Gasteiger partial charge in [0.2, 0.25) is 0 Å². The number of hydrogen-bond acceptors (Lipinski definition) is 4. The monoisotopic (exact) mass is 529 g/mol. The number of likely N-dealkylation sites (tertiary alicyclic amines) is 2. The van der Waals surface area contributed by atoms with Crippen LogP contribution in [0.2, 0.25) is 0 Å². The van der Waals surface area contributed by atoms with Crippen LogP contribution in [0.1, 0.15) is 37.3 Å². The van der Waals surface area contributed by atoms with Crippen LogP contribution in [0.15, 0.2) is 35.3 Å². The van der Waals surface area contributed by atoms with E-state index in [1.807, 2.05) is 7.05 Å². The predicted molar refractivity (Wildman–Crippen MR) is 136 cm³/mol.